The Kier molecular flexibility index (Phi) is 6.41. The van der Waals surface area contributed by atoms with E-state index in [-0.39, 0.29) is 34.7 Å². The molecule has 3 aromatic carbocycles. The number of carbonyl (C=O) groups excluding carboxylic acids is 3. The first-order chi connectivity index (χ1) is 16.8. The standard InChI is InChI=1S/C26H20N2O7/c1-2-35-26(32)17-11-13-19(14-12-17)27-22(18-9-6-10-20(15-18)28(33)34)21(24(30)25(27)31)23(29)16-7-4-3-5-8-16/h3-15,22,29H,2H2,1H3/b23-21+/t22-/m0/s1. The highest BCUT2D eigenvalue weighted by Crippen LogP contribution is 2.42. The maximum absolute atomic E-state index is 13.2. The molecule has 1 N–H and O–H groups in total. The fourth-order valence-corrected chi connectivity index (χ4v) is 3.95. The fraction of sp³-hybridized carbons (Fsp3) is 0.115. The van der Waals surface area contributed by atoms with Gasteiger partial charge in [0.2, 0.25) is 0 Å². The van der Waals surface area contributed by atoms with Crippen LogP contribution in [0.1, 0.15) is 34.5 Å². The number of ketones is 1. The summed E-state index contributed by atoms with van der Waals surface area (Å²) in [5.74, 6) is -2.79. The second-order valence-electron chi connectivity index (χ2n) is 7.65. The lowest BCUT2D eigenvalue weighted by molar-refractivity contribution is -0.384. The minimum atomic E-state index is -1.14. The number of rotatable bonds is 6. The van der Waals surface area contributed by atoms with Gasteiger partial charge in [-0.3, -0.25) is 24.6 Å². The highest BCUT2D eigenvalue weighted by molar-refractivity contribution is 6.51. The number of aliphatic hydroxyl groups excluding tert-OH is 1. The smallest absolute Gasteiger partial charge is 0.338 e. The minimum absolute atomic E-state index is 0.196. The van der Waals surface area contributed by atoms with Crippen molar-refractivity contribution in [3.8, 4) is 0 Å². The summed E-state index contributed by atoms with van der Waals surface area (Å²) in [5, 5.41) is 22.4. The Morgan fingerprint density at radius 2 is 1.69 bits per heavy atom. The van der Waals surface area contributed by atoms with Crippen molar-refractivity contribution in [1.82, 2.24) is 0 Å². The summed E-state index contributed by atoms with van der Waals surface area (Å²) in [6.07, 6.45) is 0. The molecule has 0 aliphatic carbocycles. The maximum Gasteiger partial charge on any atom is 0.338 e. The Balaban J connectivity index is 1.89. The first-order valence-corrected chi connectivity index (χ1v) is 10.7. The Hall–Kier alpha value is -4.79. The lowest BCUT2D eigenvalue weighted by Crippen LogP contribution is -2.29. The molecular formula is C26H20N2O7. The number of benzene rings is 3. The second-order valence-corrected chi connectivity index (χ2v) is 7.65. The SMILES string of the molecule is CCOC(=O)c1ccc(N2C(=O)C(=O)/C(=C(/O)c3ccccc3)[C@@H]2c2cccc([N+](=O)[O-])c2)cc1. The molecule has 0 radical (unpaired) electrons. The van der Waals surface area contributed by atoms with Crippen molar-refractivity contribution in [1.29, 1.82) is 0 Å². The lowest BCUT2D eigenvalue weighted by atomic mass is 9.94. The number of nitro groups is 1. The predicted octanol–water partition coefficient (Wildman–Crippen LogP) is 4.40. The van der Waals surface area contributed by atoms with Crippen LogP contribution in [-0.2, 0) is 14.3 Å². The van der Waals surface area contributed by atoms with E-state index in [1.54, 1.807) is 43.3 Å². The molecule has 0 spiro atoms. The molecule has 1 atom stereocenters. The van der Waals surface area contributed by atoms with E-state index in [4.69, 9.17) is 4.74 Å². The molecule has 176 valence electrons. The lowest BCUT2D eigenvalue weighted by Gasteiger charge is -2.25. The van der Waals surface area contributed by atoms with Crippen molar-refractivity contribution in [2.24, 2.45) is 0 Å². The van der Waals surface area contributed by atoms with E-state index in [9.17, 15) is 29.6 Å². The van der Waals surface area contributed by atoms with E-state index in [0.717, 1.165) is 4.90 Å². The van der Waals surface area contributed by atoms with E-state index >= 15 is 0 Å². The molecule has 1 aliphatic heterocycles. The fourth-order valence-electron chi connectivity index (χ4n) is 3.95. The topological polar surface area (TPSA) is 127 Å². The van der Waals surface area contributed by atoms with Gasteiger partial charge in [0, 0.05) is 23.4 Å². The summed E-state index contributed by atoms with van der Waals surface area (Å²) >= 11 is 0. The van der Waals surface area contributed by atoms with Gasteiger partial charge >= 0.3 is 5.97 Å². The summed E-state index contributed by atoms with van der Waals surface area (Å²) in [5.41, 5.74) is 0.678. The van der Waals surface area contributed by atoms with Crippen LogP contribution in [-0.4, -0.2) is 34.3 Å². The molecular weight excluding hydrogens is 452 g/mol. The van der Waals surface area contributed by atoms with Crippen LogP contribution in [0.5, 0.6) is 0 Å². The largest absolute Gasteiger partial charge is 0.507 e. The van der Waals surface area contributed by atoms with Crippen LogP contribution in [0.3, 0.4) is 0 Å². The molecule has 0 bridgehead atoms. The van der Waals surface area contributed by atoms with E-state index in [1.807, 2.05) is 0 Å². The van der Waals surface area contributed by atoms with E-state index < -0.39 is 34.4 Å². The van der Waals surface area contributed by atoms with Gasteiger partial charge in [0.05, 0.1) is 28.7 Å². The molecule has 1 amide bonds. The van der Waals surface area contributed by atoms with Crippen LogP contribution in [0.15, 0.2) is 84.4 Å². The molecule has 9 nitrogen and oxygen atoms in total. The van der Waals surface area contributed by atoms with Gasteiger partial charge in [0.25, 0.3) is 17.4 Å². The average Bonchev–Trinajstić information content (AvgIpc) is 3.14. The first-order valence-electron chi connectivity index (χ1n) is 10.7. The number of hydrogen-bond acceptors (Lipinski definition) is 7. The van der Waals surface area contributed by atoms with Gasteiger partial charge in [0.1, 0.15) is 5.76 Å². The zero-order valence-electron chi connectivity index (χ0n) is 18.6. The monoisotopic (exact) mass is 472 g/mol. The molecule has 9 heteroatoms. The number of hydrogen-bond donors (Lipinski definition) is 1. The molecule has 3 aromatic rings. The van der Waals surface area contributed by atoms with Crippen LogP contribution < -0.4 is 4.90 Å². The molecule has 0 unspecified atom stereocenters. The molecule has 1 fully saturated rings. The number of non-ortho nitro benzene ring substituents is 1. The summed E-state index contributed by atoms with van der Waals surface area (Å²) in [7, 11) is 0. The number of nitrogens with zero attached hydrogens (tertiary/aromatic N) is 2. The quantitative estimate of drug-likeness (QED) is 0.141. The van der Waals surface area contributed by atoms with Crippen molar-refractivity contribution in [2.45, 2.75) is 13.0 Å². The van der Waals surface area contributed by atoms with Crippen molar-refractivity contribution >= 4 is 34.8 Å². The van der Waals surface area contributed by atoms with Crippen molar-refractivity contribution in [2.75, 3.05) is 11.5 Å². The molecule has 0 saturated carbocycles. The number of Topliss-reactive ketones (excluding diaryl/α,β-unsaturated/α-hetero) is 1. The van der Waals surface area contributed by atoms with Gasteiger partial charge in [0.15, 0.2) is 0 Å². The van der Waals surface area contributed by atoms with Gasteiger partial charge < -0.3 is 9.84 Å². The van der Waals surface area contributed by atoms with Crippen LogP contribution in [0.4, 0.5) is 11.4 Å². The number of anilines is 1. The number of aliphatic hydroxyl groups is 1. The molecule has 1 saturated heterocycles. The maximum atomic E-state index is 13.2. The molecule has 1 heterocycles. The normalized spacial score (nSPS) is 16.8. The summed E-state index contributed by atoms with van der Waals surface area (Å²) in [4.78, 5) is 50.3. The highest BCUT2D eigenvalue weighted by atomic mass is 16.6. The predicted molar refractivity (Wildman–Crippen MR) is 127 cm³/mol. The van der Waals surface area contributed by atoms with Gasteiger partial charge in [-0.05, 0) is 36.8 Å². The van der Waals surface area contributed by atoms with Crippen molar-refractivity contribution in [3.05, 3.63) is 111 Å². The Morgan fingerprint density at radius 1 is 1.00 bits per heavy atom. The van der Waals surface area contributed by atoms with E-state index in [2.05, 4.69) is 0 Å². The van der Waals surface area contributed by atoms with Gasteiger partial charge in [-0.25, -0.2) is 4.79 Å². The van der Waals surface area contributed by atoms with Gasteiger partial charge in [-0.15, -0.1) is 0 Å². The molecule has 4 rings (SSSR count). The van der Waals surface area contributed by atoms with Crippen LogP contribution in [0.25, 0.3) is 5.76 Å². The third-order valence-electron chi connectivity index (χ3n) is 5.55. The summed E-state index contributed by atoms with van der Waals surface area (Å²) < 4.78 is 4.98. The number of nitro benzene ring substituents is 1. The minimum Gasteiger partial charge on any atom is -0.507 e. The van der Waals surface area contributed by atoms with E-state index in [1.165, 1.54) is 42.5 Å². The van der Waals surface area contributed by atoms with Crippen LogP contribution in [0, 0.1) is 10.1 Å². The average molecular weight is 472 g/mol. The molecule has 0 aromatic heterocycles. The number of amides is 1. The zero-order chi connectivity index (χ0) is 25.1. The highest BCUT2D eigenvalue weighted by Gasteiger charge is 2.47. The number of carbonyl (C=O) groups is 3. The van der Waals surface area contributed by atoms with Gasteiger partial charge in [-0.2, -0.15) is 0 Å². The Morgan fingerprint density at radius 3 is 2.31 bits per heavy atom. The third kappa shape index (κ3) is 4.39. The molecule has 35 heavy (non-hydrogen) atoms. The second kappa shape index (κ2) is 9.60. The first kappa shape index (κ1) is 23.4. The molecule has 1 aliphatic rings. The Labute approximate surface area is 200 Å². The number of esters is 1. The van der Waals surface area contributed by atoms with Crippen molar-refractivity contribution in [3.63, 3.8) is 0 Å². The van der Waals surface area contributed by atoms with Crippen LogP contribution in [0.2, 0.25) is 0 Å². The third-order valence-corrected chi connectivity index (χ3v) is 5.55. The zero-order valence-corrected chi connectivity index (χ0v) is 18.6. The van der Waals surface area contributed by atoms with Gasteiger partial charge in [-0.1, -0.05) is 42.5 Å². The van der Waals surface area contributed by atoms with E-state index in [0.29, 0.717) is 5.56 Å². The van der Waals surface area contributed by atoms with Crippen LogP contribution >= 0.6 is 0 Å². The Bertz CT molecular complexity index is 1350. The van der Waals surface area contributed by atoms with Crippen molar-refractivity contribution < 1.29 is 29.2 Å². The summed E-state index contributed by atoms with van der Waals surface area (Å²) in [6, 6.07) is 18.5. The number of ether oxygens (including phenoxy) is 1. The summed E-state index contributed by atoms with van der Waals surface area (Å²) in [6.45, 7) is 1.87.